The van der Waals surface area contributed by atoms with Crippen molar-refractivity contribution < 1.29 is 9.59 Å². The van der Waals surface area contributed by atoms with Gasteiger partial charge in [-0.2, -0.15) is 0 Å². The Bertz CT molecular complexity index is 1370. The molecular weight excluding hydrogens is 488 g/mol. The highest BCUT2D eigenvalue weighted by Crippen LogP contribution is 2.30. The molecule has 2 N–H and O–H groups in total. The van der Waals surface area contributed by atoms with Crippen LogP contribution in [-0.2, 0) is 11.2 Å². The first kappa shape index (κ1) is 25.4. The fraction of sp³-hybridized carbons (Fsp3) is 0.387. The number of nitrogens with one attached hydrogen (secondary N) is 2. The van der Waals surface area contributed by atoms with Gasteiger partial charge in [-0.05, 0) is 79.4 Å². The number of likely N-dealkylation sites (tertiary alicyclic amines) is 1. The Hall–Kier alpha value is -3.91. The first-order valence-corrected chi connectivity index (χ1v) is 14.0. The van der Waals surface area contributed by atoms with Crippen molar-refractivity contribution in [2.24, 2.45) is 5.92 Å². The highest BCUT2D eigenvalue weighted by Gasteiger charge is 2.30. The minimum Gasteiger partial charge on any atom is -0.384 e. The van der Waals surface area contributed by atoms with Crippen molar-refractivity contribution in [1.29, 1.82) is 0 Å². The number of nitrogens with zero attached hydrogens (tertiary/aromatic N) is 4. The van der Waals surface area contributed by atoms with E-state index < -0.39 is 0 Å². The molecule has 8 nitrogen and oxygen atoms in total. The van der Waals surface area contributed by atoms with Crippen LogP contribution in [-0.4, -0.2) is 79.5 Å². The maximum Gasteiger partial charge on any atom is 0.272 e. The number of pyridine rings is 1. The lowest BCUT2D eigenvalue weighted by molar-refractivity contribution is -0.121. The molecule has 2 amide bonds. The molecule has 6 rings (SSSR count). The molecule has 0 spiro atoms. The summed E-state index contributed by atoms with van der Waals surface area (Å²) in [7, 11) is 2.13. The van der Waals surface area contributed by atoms with Gasteiger partial charge in [-0.3, -0.25) is 14.6 Å². The van der Waals surface area contributed by atoms with Gasteiger partial charge >= 0.3 is 0 Å². The lowest BCUT2D eigenvalue weighted by Crippen LogP contribution is -2.45. The van der Waals surface area contributed by atoms with Gasteiger partial charge in [-0.15, -0.1) is 0 Å². The molecule has 1 aromatic heterocycles. The Labute approximate surface area is 230 Å². The Morgan fingerprint density at radius 2 is 1.82 bits per heavy atom. The molecule has 2 fully saturated rings. The van der Waals surface area contributed by atoms with E-state index in [0.29, 0.717) is 18.8 Å². The largest absolute Gasteiger partial charge is 0.384 e. The molecule has 4 heterocycles. The number of likely N-dealkylation sites (N-methyl/N-ethyl adjacent to an activating group) is 1. The predicted octanol–water partition coefficient (Wildman–Crippen LogP) is 3.96. The quantitative estimate of drug-likeness (QED) is 0.526. The summed E-state index contributed by atoms with van der Waals surface area (Å²) in [5.41, 5.74) is 7.03. The molecule has 3 aromatic rings. The Kier molecular flexibility index (Phi) is 7.20. The van der Waals surface area contributed by atoms with Gasteiger partial charge in [0.15, 0.2) is 0 Å². The van der Waals surface area contributed by atoms with Crippen molar-refractivity contribution in [3.8, 4) is 11.1 Å². The van der Waals surface area contributed by atoms with E-state index >= 15 is 0 Å². The molecular formula is C31H36N6O2. The number of hydrogen-bond acceptors (Lipinski definition) is 6. The van der Waals surface area contributed by atoms with Crippen molar-refractivity contribution in [3.05, 3.63) is 72.1 Å². The number of carbonyl (C=O) groups is 2. The van der Waals surface area contributed by atoms with Crippen LogP contribution in [0.2, 0.25) is 0 Å². The van der Waals surface area contributed by atoms with Crippen molar-refractivity contribution >= 4 is 28.9 Å². The normalized spacial score (nSPS) is 19.4. The van der Waals surface area contributed by atoms with Gasteiger partial charge in [0.25, 0.3) is 5.91 Å². The van der Waals surface area contributed by atoms with Crippen LogP contribution in [0.15, 0.2) is 60.8 Å². The third kappa shape index (κ3) is 5.61. The SMILES string of the molecule is CN1CCN(c2ccnc(C(=O)N3CCC[C@H](C(=O)Nc4cccc(-c5ccc6c(c5)CCN6)c4)C3)c2)CC1. The molecule has 2 saturated heterocycles. The van der Waals surface area contributed by atoms with E-state index in [-0.39, 0.29) is 17.7 Å². The van der Waals surface area contributed by atoms with E-state index in [1.165, 1.54) is 11.3 Å². The fourth-order valence-corrected chi connectivity index (χ4v) is 5.84. The van der Waals surface area contributed by atoms with Gasteiger partial charge in [-0.1, -0.05) is 18.2 Å². The first-order chi connectivity index (χ1) is 19.0. The predicted molar refractivity (Wildman–Crippen MR) is 155 cm³/mol. The summed E-state index contributed by atoms with van der Waals surface area (Å²) in [5, 5.41) is 6.51. The number of piperidine rings is 1. The zero-order chi connectivity index (χ0) is 26.8. The van der Waals surface area contributed by atoms with Crippen molar-refractivity contribution in [2.75, 3.05) is 68.4 Å². The standard InChI is InChI=1S/C31H36N6O2/c1-35-14-16-36(17-15-35)27-10-12-33-29(20-27)31(39)37-13-3-5-25(21-37)30(38)34-26-6-2-4-22(19-26)23-7-8-28-24(18-23)9-11-32-28/h2,4,6-8,10,12,18-20,25,32H,3,5,9,11,13-17,21H2,1H3,(H,34,38)/t25-/m0/s1. The Morgan fingerprint density at radius 3 is 2.69 bits per heavy atom. The summed E-state index contributed by atoms with van der Waals surface area (Å²) < 4.78 is 0. The number of rotatable bonds is 5. The second-order valence-electron chi connectivity index (χ2n) is 10.9. The maximum atomic E-state index is 13.4. The molecule has 2 aromatic carbocycles. The van der Waals surface area contributed by atoms with E-state index in [1.54, 1.807) is 11.1 Å². The van der Waals surface area contributed by atoms with Gasteiger partial charge in [0, 0.05) is 69.1 Å². The number of amides is 2. The molecule has 0 bridgehead atoms. The Morgan fingerprint density at radius 1 is 0.974 bits per heavy atom. The van der Waals surface area contributed by atoms with Crippen molar-refractivity contribution in [3.63, 3.8) is 0 Å². The van der Waals surface area contributed by atoms with E-state index in [1.807, 2.05) is 30.3 Å². The number of carbonyl (C=O) groups excluding carboxylic acids is 2. The van der Waals surface area contributed by atoms with Crippen LogP contribution in [0, 0.1) is 5.92 Å². The molecule has 1 atom stereocenters. The smallest absolute Gasteiger partial charge is 0.272 e. The van der Waals surface area contributed by atoms with Gasteiger partial charge in [0.2, 0.25) is 5.91 Å². The summed E-state index contributed by atoms with van der Waals surface area (Å²) in [6.45, 7) is 5.91. The zero-order valence-corrected chi connectivity index (χ0v) is 22.5. The average molecular weight is 525 g/mol. The minimum absolute atomic E-state index is 0.0399. The van der Waals surface area contributed by atoms with Crippen LogP contribution in [0.4, 0.5) is 17.1 Å². The summed E-state index contributed by atoms with van der Waals surface area (Å²) in [4.78, 5) is 37.5. The lowest BCUT2D eigenvalue weighted by atomic mass is 9.96. The molecule has 0 unspecified atom stereocenters. The zero-order valence-electron chi connectivity index (χ0n) is 22.5. The summed E-state index contributed by atoms with van der Waals surface area (Å²) in [6.07, 6.45) is 4.32. The van der Waals surface area contributed by atoms with Crippen LogP contribution in [0.1, 0.15) is 28.9 Å². The highest BCUT2D eigenvalue weighted by molar-refractivity contribution is 5.96. The highest BCUT2D eigenvalue weighted by atomic mass is 16.2. The number of hydrogen-bond donors (Lipinski definition) is 2. The molecule has 39 heavy (non-hydrogen) atoms. The second-order valence-corrected chi connectivity index (χ2v) is 10.9. The molecule has 202 valence electrons. The van der Waals surface area contributed by atoms with Crippen molar-refractivity contribution in [1.82, 2.24) is 14.8 Å². The van der Waals surface area contributed by atoms with Crippen LogP contribution in [0.3, 0.4) is 0 Å². The topological polar surface area (TPSA) is 80.8 Å². The van der Waals surface area contributed by atoms with Crippen LogP contribution in [0.5, 0.6) is 0 Å². The number of fused-ring (bicyclic) bond motifs is 1. The molecule has 3 aliphatic heterocycles. The van der Waals surface area contributed by atoms with Crippen LogP contribution < -0.4 is 15.5 Å². The molecule has 0 saturated carbocycles. The van der Waals surface area contributed by atoms with Crippen LogP contribution >= 0.6 is 0 Å². The van der Waals surface area contributed by atoms with Gasteiger partial charge in [-0.25, -0.2) is 0 Å². The van der Waals surface area contributed by atoms with E-state index in [9.17, 15) is 9.59 Å². The third-order valence-corrected chi connectivity index (χ3v) is 8.19. The van der Waals surface area contributed by atoms with Gasteiger partial charge < -0.3 is 25.3 Å². The van der Waals surface area contributed by atoms with Crippen molar-refractivity contribution in [2.45, 2.75) is 19.3 Å². The van der Waals surface area contributed by atoms with Crippen LogP contribution in [0.25, 0.3) is 11.1 Å². The number of aromatic nitrogens is 1. The Balaban J connectivity index is 1.10. The molecule has 3 aliphatic rings. The average Bonchev–Trinajstić information content (AvgIpc) is 3.46. The lowest BCUT2D eigenvalue weighted by Gasteiger charge is -2.34. The minimum atomic E-state index is -0.252. The number of piperazine rings is 1. The van der Waals surface area contributed by atoms with E-state index in [0.717, 1.165) is 74.5 Å². The summed E-state index contributed by atoms with van der Waals surface area (Å²) in [6, 6.07) is 18.4. The summed E-state index contributed by atoms with van der Waals surface area (Å²) in [5.74, 6) is -0.392. The second kappa shape index (κ2) is 11.1. The number of anilines is 3. The maximum absolute atomic E-state index is 13.4. The molecule has 0 radical (unpaired) electrons. The first-order valence-electron chi connectivity index (χ1n) is 14.0. The number of benzene rings is 2. The van der Waals surface area contributed by atoms with Gasteiger partial charge in [0.1, 0.15) is 5.69 Å². The molecule has 0 aliphatic carbocycles. The van der Waals surface area contributed by atoms with Gasteiger partial charge in [0.05, 0.1) is 5.92 Å². The fourth-order valence-electron chi connectivity index (χ4n) is 5.84. The van der Waals surface area contributed by atoms with E-state index in [4.69, 9.17) is 0 Å². The summed E-state index contributed by atoms with van der Waals surface area (Å²) >= 11 is 0. The monoisotopic (exact) mass is 524 g/mol. The molecule has 8 heteroatoms. The third-order valence-electron chi connectivity index (χ3n) is 8.19. The van der Waals surface area contributed by atoms with E-state index in [2.05, 4.69) is 56.7 Å².